The molecule has 4 nitrogen and oxygen atoms in total. The summed E-state index contributed by atoms with van der Waals surface area (Å²) in [5.41, 5.74) is 1.87. The van der Waals surface area contributed by atoms with Gasteiger partial charge in [0.1, 0.15) is 0 Å². The van der Waals surface area contributed by atoms with E-state index in [-0.39, 0.29) is 6.61 Å². The second-order valence-corrected chi connectivity index (χ2v) is 5.70. The highest BCUT2D eigenvalue weighted by molar-refractivity contribution is 6.33. The van der Waals surface area contributed by atoms with Crippen molar-refractivity contribution in [2.45, 2.75) is 19.4 Å². The van der Waals surface area contributed by atoms with Gasteiger partial charge >= 0.3 is 0 Å². The Hall–Kier alpha value is -0.810. The van der Waals surface area contributed by atoms with E-state index in [0.717, 1.165) is 50.4 Å². The SMILES string of the molecule is CC(O)c1ccc(N2CCCN(CCO)CC2)c(Cl)c1. The maximum atomic E-state index is 9.59. The molecular weight excluding hydrogens is 276 g/mol. The Morgan fingerprint density at radius 3 is 2.70 bits per heavy atom. The number of rotatable bonds is 4. The van der Waals surface area contributed by atoms with Crippen molar-refractivity contribution >= 4 is 17.3 Å². The van der Waals surface area contributed by atoms with Gasteiger partial charge in [0.2, 0.25) is 0 Å². The fraction of sp³-hybridized carbons (Fsp3) is 0.600. The minimum Gasteiger partial charge on any atom is -0.395 e. The molecule has 1 aromatic rings. The molecule has 0 aromatic heterocycles. The summed E-state index contributed by atoms with van der Waals surface area (Å²) in [6.45, 7) is 6.52. The van der Waals surface area contributed by atoms with Crippen LogP contribution in [0, 0.1) is 0 Å². The lowest BCUT2D eigenvalue weighted by atomic mass is 10.1. The van der Waals surface area contributed by atoms with Crippen LogP contribution in [0.2, 0.25) is 5.02 Å². The molecule has 1 aromatic carbocycles. The van der Waals surface area contributed by atoms with Crippen molar-refractivity contribution in [2.24, 2.45) is 0 Å². The number of aliphatic hydroxyl groups excluding tert-OH is 2. The first kappa shape index (κ1) is 15.6. The molecule has 1 atom stereocenters. The summed E-state index contributed by atoms with van der Waals surface area (Å²) >= 11 is 6.35. The Morgan fingerprint density at radius 1 is 1.25 bits per heavy atom. The number of anilines is 1. The van der Waals surface area contributed by atoms with E-state index in [4.69, 9.17) is 16.7 Å². The minimum atomic E-state index is -0.495. The highest BCUT2D eigenvalue weighted by Crippen LogP contribution is 2.29. The van der Waals surface area contributed by atoms with Gasteiger partial charge < -0.3 is 15.1 Å². The molecule has 0 radical (unpaired) electrons. The molecule has 2 rings (SSSR count). The van der Waals surface area contributed by atoms with Gasteiger partial charge in [0.25, 0.3) is 0 Å². The van der Waals surface area contributed by atoms with Crippen molar-refractivity contribution in [3.63, 3.8) is 0 Å². The predicted octanol–water partition coefficient (Wildman–Crippen LogP) is 1.90. The summed E-state index contributed by atoms with van der Waals surface area (Å²) in [7, 11) is 0. The van der Waals surface area contributed by atoms with Crippen molar-refractivity contribution in [1.29, 1.82) is 0 Å². The zero-order valence-electron chi connectivity index (χ0n) is 11.9. The molecule has 0 bridgehead atoms. The molecule has 1 fully saturated rings. The molecule has 1 heterocycles. The average Bonchev–Trinajstić information content (AvgIpc) is 2.65. The molecule has 0 spiro atoms. The molecule has 0 amide bonds. The number of aliphatic hydroxyl groups is 2. The molecule has 1 saturated heterocycles. The zero-order valence-corrected chi connectivity index (χ0v) is 12.7. The van der Waals surface area contributed by atoms with Crippen molar-refractivity contribution in [1.82, 2.24) is 4.90 Å². The van der Waals surface area contributed by atoms with Gasteiger partial charge in [0.15, 0.2) is 0 Å². The second kappa shape index (κ2) is 7.27. The van der Waals surface area contributed by atoms with E-state index < -0.39 is 6.10 Å². The van der Waals surface area contributed by atoms with Gasteiger partial charge in [0, 0.05) is 26.2 Å². The van der Waals surface area contributed by atoms with E-state index in [1.807, 2.05) is 18.2 Å². The van der Waals surface area contributed by atoms with Crippen molar-refractivity contribution < 1.29 is 10.2 Å². The van der Waals surface area contributed by atoms with Gasteiger partial charge in [-0.05, 0) is 37.6 Å². The molecule has 0 saturated carbocycles. The number of benzene rings is 1. The standard InChI is InChI=1S/C15H23ClN2O2/c1-12(20)13-3-4-15(14(16)11-13)18-6-2-5-17(7-8-18)9-10-19/h3-4,11-12,19-20H,2,5-10H2,1H3. The van der Waals surface area contributed by atoms with Crippen LogP contribution in [0.5, 0.6) is 0 Å². The predicted molar refractivity (Wildman–Crippen MR) is 82.4 cm³/mol. The largest absolute Gasteiger partial charge is 0.395 e. The van der Waals surface area contributed by atoms with Gasteiger partial charge in [-0.25, -0.2) is 0 Å². The maximum absolute atomic E-state index is 9.59. The number of hydrogen-bond donors (Lipinski definition) is 2. The lowest BCUT2D eigenvalue weighted by molar-refractivity contribution is 0.199. The van der Waals surface area contributed by atoms with E-state index in [9.17, 15) is 5.11 Å². The summed E-state index contributed by atoms with van der Waals surface area (Å²) in [6.07, 6.45) is 0.569. The van der Waals surface area contributed by atoms with Crippen LogP contribution < -0.4 is 4.90 Å². The summed E-state index contributed by atoms with van der Waals surface area (Å²) in [6, 6.07) is 5.77. The van der Waals surface area contributed by atoms with Crippen LogP contribution in [0.3, 0.4) is 0 Å². The molecule has 1 unspecified atom stereocenters. The Morgan fingerprint density at radius 2 is 2.05 bits per heavy atom. The van der Waals surface area contributed by atoms with Crippen molar-refractivity contribution in [2.75, 3.05) is 44.2 Å². The number of hydrogen-bond acceptors (Lipinski definition) is 4. The first-order chi connectivity index (χ1) is 9.61. The summed E-state index contributed by atoms with van der Waals surface area (Å²) < 4.78 is 0. The smallest absolute Gasteiger partial charge is 0.0762 e. The van der Waals surface area contributed by atoms with Crippen LogP contribution in [0.1, 0.15) is 25.0 Å². The molecule has 0 aliphatic carbocycles. The molecule has 1 aliphatic rings. The summed E-state index contributed by atoms with van der Waals surface area (Å²) in [4.78, 5) is 4.56. The van der Waals surface area contributed by atoms with E-state index in [2.05, 4.69) is 9.80 Å². The third kappa shape index (κ3) is 3.85. The molecule has 2 N–H and O–H groups in total. The lowest BCUT2D eigenvalue weighted by Crippen LogP contribution is -2.32. The summed E-state index contributed by atoms with van der Waals surface area (Å²) in [5, 5.41) is 19.3. The van der Waals surface area contributed by atoms with Crippen LogP contribution >= 0.6 is 11.6 Å². The lowest BCUT2D eigenvalue weighted by Gasteiger charge is -2.25. The van der Waals surface area contributed by atoms with Gasteiger partial charge in [-0.15, -0.1) is 0 Å². The van der Waals surface area contributed by atoms with E-state index in [0.29, 0.717) is 5.02 Å². The van der Waals surface area contributed by atoms with Crippen LogP contribution in [-0.2, 0) is 0 Å². The van der Waals surface area contributed by atoms with E-state index >= 15 is 0 Å². The molecule has 1 aliphatic heterocycles. The average molecular weight is 299 g/mol. The number of halogens is 1. The fourth-order valence-electron chi connectivity index (χ4n) is 2.62. The normalized spacial score (nSPS) is 18.9. The fourth-order valence-corrected chi connectivity index (χ4v) is 2.92. The summed E-state index contributed by atoms with van der Waals surface area (Å²) in [5.74, 6) is 0. The van der Waals surface area contributed by atoms with E-state index in [1.165, 1.54) is 0 Å². The third-order valence-corrected chi connectivity index (χ3v) is 4.10. The number of nitrogens with zero attached hydrogens (tertiary/aromatic N) is 2. The van der Waals surface area contributed by atoms with Gasteiger partial charge in [-0.3, -0.25) is 4.90 Å². The van der Waals surface area contributed by atoms with Gasteiger partial charge in [-0.1, -0.05) is 17.7 Å². The third-order valence-electron chi connectivity index (χ3n) is 3.80. The van der Waals surface area contributed by atoms with E-state index in [1.54, 1.807) is 6.92 Å². The number of β-amino-alcohol motifs (C(OH)–C–C–N with tert-alkyl or cyclic N) is 1. The van der Waals surface area contributed by atoms with Gasteiger partial charge in [-0.2, -0.15) is 0 Å². The zero-order chi connectivity index (χ0) is 14.5. The van der Waals surface area contributed by atoms with Crippen molar-refractivity contribution in [3.05, 3.63) is 28.8 Å². The van der Waals surface area contributed by atoms with Crippen LogP contribution in [-0.4, -0.2) is 54.4 Å². The second-order valence-electron chi connectivity index (χ2n) is 5.29. The monoisotopic (exact) mass is 298 g/mol. The van der Waals surface area contributed by atoms with Crippen molar-refractivity contribution in [3.8, 4) is 0 Å². The van der Waals surface area contributed by atoms with Crippen LogP contribution in [0.25, 0.3) is 0 Å². The van der Waals surface area contributed by atoms with Gasteiger partial charge in [0.05, 0.1) is 23.4 Å². The Kier molecular flexibility index (Phi) is 5.66. The van der Waals surface area contributed by atoms with Crippen LogP contribution in [0.4, 0.5) is 5.69 Å². The first-order valence-electron chi connectivity index (χ1n) is 7.17. The molecular formula is C15H23ClN2O2. The minimum absolute atomic E-state index is 0.212. The molecule has 112 valence electrons. The highest BCUT2D eigenvalue weighted by atomic mass is 35.5. The Balaban J connectivity index is 2.07. The topological polar surface area (TPSA) is 46.9 Å². The molecule has 20 heavy (non-hydrogen) atoms. The van der Waals surface area contributed by atoms with Crippen LogP contribution in [0.15, 0.2) is 18.2 Å². The first-order valence-corrected chi connectivity index (χ1v) is 7.55. The molecule has 5 heteroatoms. The quantitative estimate of drug-likeness (QED) is 0.891. The Labute approximate surface area is 125 Å². The highest BCUT2D eigenvalue weighted by Gasteiger charge is 2.17. The Bertz CT molecular complexity index is 440. The maximum Gasteiger partial charge on any atom is 0.0762 e.